The Kier molecular flexibility index (Phi) is 6.41. The number of likely N-dealkylation sites (tertiary alicyclic amines) is 1. The van der Waals surface area contributed by atoms with Crippen LogP contribution in [-0.2, 0) is 20.7 Å². The average molecular weight is 331 g/mol. The minimum Gasteiger partial charge on any atom is -0.452 e. The summed E-state index contributed by atoms with van der Waals surface area (Å²) in [5.74, 6) is -0.186. The molecule has 1 aromatic rings. The smallest absolute Gasteiger partial charge is 0.313 e. The van der Waals surface area contributed by atoms with E-state index in [1.165, 1.54) is 5.56 Å². The Labute approximate surface area is 145 Å². The summed E-state index contributed by atoms with van der Waals surface area (Å²) in [5, 5.41) is 0. The Bertz CT molecular complexity index is 559. The highest BCUT2D eigenvalue weighted by Gasteiger charge is 2.27. The molecule has 0 bridgehead atoms. The molecule has 2 atom stereocenters. The number of nitrogens with zero attached hydrogens (tertiary/aromatic N) is 1. The molecule has 1 aliphatic rings. The molecule has 4 nitrogen and oxygen atoms in total. The number of carbonyl (C=O) groups excluding carboxylic acids is 2. The number of ether oxygens (including phenoxy) is 1. The Balaban J connectivity index is 1.92. The van der Waals surface area contributed by atoms with E-state index in [2.05, 4.69) is 26.0 Å². The summed E-state index contributed by atoms with van der Waals surface area (Å²) in [6.45, 7) is 9.41. The lowest BCUT2D eigenvalue weighted by molar-refractivity contribution is -0.159. The number of hydrogen-bond donors (Lipinski definition) is 0. The number of benzene rings is 1. The lowest BCUT2D eigenvalue weighted by Crippen LogP contribution is -2.38. The van der Waals surface area contributed by atoms with Crippen molar-refractivity contribution in [1.82, 2.24) is 4.90 Å². The molecule has 0 aliphatic carbocycles. The van der Waals surface area contributed by atoms with Gasteiger partial charge in [0.2, 0.25) is 0 Å². The Hall–Kier alpha value is -1.84. The molecular weight excluding hydrogens is 302 g/mol. The summed E-state index contributed by atoms with van der Waals surface area (Å²) in [4.78, 5) is 26.4. The molecule has 0 saturated carbocycles. The van der Waals surface area contributed by atoms with Crippen LogP contribution in [0.15, 0.2) is 24.3 Å². The second-order valence-electron chi connectivity index (χ2n) is 7.17. The van der Waals surface area contributed by atoms with Crippen LogP contribution in [0.4, 0.5) is 0 Å². The molecule has 1 amide bonds. The minimum absolute atomic E-state index is 0.0830. The molecule has 24 heavy (non-hydrogen) atoms. The average Bonchev–Trinajstić information content (AvgIpc) is 3.07. The van der Waals surface area contributed by atoms with Crippen LogP contribution >= 0.6 is 0 Å². The van der Waals surface area contributed by atoms with Crippen LogP contribution in [0.1, 0.15) is 57.6 Å². The van der Waals surface area contributed by atoms with Gasteiger partial charge in [-0.3, -0.25) is 9.59 Å². The maximum absolute atomic E-state index is 12.3. The van der Waals surface area contributed by atoms with Gasteiger partial charge in [-0.15, -0.1) is 0 Å². The Morgan fingerprint density at radius 1 is 1.04 bits per heavy atom. The summed E-state index contributed by atoms with van der Waals surface area (Å²) in [6, 6.07) is 8.10. The molecule has 4 heteroatoms. The predicted octanol–water partition coefficient (Wildman–Crippen LogP) is 3.54. The SMILES string of the molecule is CC(C)Cc1ccc([C@@H](C)C(=O)O[C@@H](C)C(=O)N2CCCC2)cc1. The van der Waals surface area contributed by atoms with E-state index in [0.717, 1.165) is 37.9 Å². The number of hydrogen-bond acceptors (Lipinski definition) is 3. The van der Waals surface area contributed by atoms with Crippen molar-refractivity contribution in [2.45, 2.75) is 59.0 Å². The number of carbonyl (C=O) groups is 2. The van der Waals surface area contributed by atoms with Crippen LogP contribution in [-0.4, -0.2) is 36.0 Å². The molecule has 1 aromatic carbocycles. The van der Waals surface area contributed by atoms with Gasteiger partial charge in [0.15, 0.2) is 6.10 Å². The third-order valence-electron chi connectivity index (χ3n) is 4.54. The molecule has 1 saturated heterocycles. The highest BCUT2D eigenvalue weighted by atomic mass is 16.5. The van der Waals surface area contributed by atoms with Crippen molar-refractivity contribution in [3.8, 4) is 0 Å². The van der Waals surface area contributed by atoms with Gasteiger partial charge in [-0.2, -0.15) is 0 Å². The van der Waals surface area contributed by atoms with E-state index >= 15 is 0 Å². The molecular formula is C20H29NO3. The predicted molar refractivity (Wildman–Crippen MR) is 94.8 cm³/mol. The number of esters is 1. The first-order chi connectivity index (χ1) is 11.4. The summed E-state index contributed by atoms with van der Waals surface area (Å²) < 4.78 is 5.41. The van der Waals surface area contributed by atoms with Crippen molar-refractivity contribution in [2.75, 3.05) is 13.1 Å². The van der Waals surface area contributed by atoms with E-state index in [0.29, 0.717) is 5.92 Å². The van der Waals surface area contributed by atoms with Crippen LogP contribution in [0.5, 0.6) is 0 Å². The van der Waals surface area contributed by atoms with Crippen LogP contribution < -0.4 is 0 Å². The van der Waals surface area contributed by atoms with Crippen LogP contribution in [0.3, 0.4) is 0 Å². The van der Waals surface area contributed by atoms with E-state index in [1.807, 2.05) is 19.1 Å². The van der Waals surface area contributed by atoms with Gasteiger partial charge in [0, 0.05) is 13.1 Å². The van der Waals surface area contributed by atoms with E-state index in [-0.39, 0.29) is 17.8 Å². The summed E-state index contributed by atoms with van der Waals surface area (Å²) in [6.07, 6.45) is 2.38. The largest absolute Gasteiger partial charge is 0.452 e. The summed E-state index contributed by atoms with van der Waals surface area (Å²) >= 11 is 0. The second-order valence-corrected chi connectivity index (χ2v) is 7.17. The van der Waals surface area contributed by atoms with Crippen molar-refractivity contribution in [2.24, 2.45) is 5.92 Å². The Morgan fingerprint density at radius 3 is 2.17 bits per heavy atom. The summed E-state index contributed by atoms with van der Waals surface area (Å²) in [5.41, 5.74) is 2.19. The maximum Gasteiger partial charge on any atom is 0.313 e. The van der Waals surface area contributed by atoms with Gasteiger partial charge in [0.1, 0.15) is 0 Å². The first kappa shape index (κ1) is 18.5. The fourth-order valence-electron chi connectivity index (χ4n) is 3.07. The van der Waals surface area contributed by atoms with Gasteiger partial charge < -0.3 is 9.64 Å². The van der Waals surface area contributed by atoms with Gasteiger partial charge >= 0.3 is 5.97 Å². The number of rotatable bonds is 6. The molecule has 0 aromatic heterocycles. The highest BCUT2D eigenvalue weighted by molar-refractivity contribution is 5.85. The standard InChI is InChI=1S/C20H29NO3/c1-14(2)13-17-7-9-18(10-8-17)15(3)20(23)24-16(4)19(22)21-11-5-6-12-21/h7-10,14-16H,5-6,11-13H2,1-4H3/t15-,16+/m1/s1. The van der Waals surface area contributed by atoms with Gasteiger partial charge in [-0.05, 0) is 50.2 Å². The minimum atomic E-state index is -0.710. The lowest BCUT2D eigenvalue weighted by Gasteiger charge is -2.22. The molecule has 0 spiro atoms. The lowest BCUT2D eigenvalue weighted by atomic mass is 9.97. The third kappa shape index (κ3) is 4.83. The van der Waals surface area contributed by atoms with Crippen LogP contribution in [0.25, 0.3) is 0 Å². The monoisotopic (exact) mass is 331 g/mol. The molecule has 0 N–H and O–H groups in total. The molecule has 132 valence electrons. The van der Waals surface area contributed by atoms with Gasteiger partial charge in [0.25, 0.3) is 5.91 Å². The van der Waals surface area contributed by atoms with E-state index in [4.69, 9.17) is 4.74 Å². The number of amides is 1. The van der Waals surface area contributed by atoms with Crippen molar-refractivity contribution < 1.29 is 14.3 Å². The van der Waals surface area contributed by atoms with Gasteiger partial charge in [-0.25, -0.2) is 0 Å². The van der Waals surface area contributed by atoms with Crippen LogP contribution in [0.2, 0.25) is 0 Å². The van der Waals surface area contributed by atoms with E-state index < -0.39 is 6.10 Å². The zero-order valence-electron chi connectivity index (χ0n) is 15.2. The van der Waals surface area contributed by atoms with Crippen molar-refractivity contribution in [3.05, 3.63) is 35.4 Å². The Morgan fingerprint density at radius 2 is 1.62 bits per heavy atom. The van der Waals surface area contributed by atoms with Crippen LogP contribution in [0, 0.1) is 5.92 Å². The first-order valence-electron chi connectivity index (χ1n) is 8.96. The zero-order chi connectivity index (χ0) is 17.7. The van der Waals surface area contributed by atoms with E-state index in [9.17, 15) is 9.59 Å². The van der Waals surface area contributed by atoms with Gasteiger partial charge in [0.05, 0.1) is 5.92 Å². The normalized spacial score (nSPS) is 17.0. The fraction of sp³-hybridized carbons (Fsp3) is 0.600. The first-order valence-corrected chi connectivity index (χ1v) is 8.96. The second kappa shape index (κ2) is 8.32. The quantitative estimate of drug-likeness (QED) is 0.749. The topological polar surface area (TPSA) is 46.6 Å². The molecule has 1 fully saturated rings. The van der Waals surface area contributed by atoms with Gasteiger partial charge in [-0.1, -0.05) is 38.1 Å². The maximum atomic E-state index is 12.3. The molecule has 1 aliphatic heterocycles. The molecule has 0 unspecified atom stereocenters. The van der Waals surface area contributed by atoms with Crippen molar-refractivity contribution in [3.63, 3.8) is 0 Å². The molecule has 2 rings (SSSR count). The zero-order valence-corrected chi connectivity index (χ0v) is 15.2. The highest BCUT2D eigenvalue weighted by Crippen LogP contribution is 2.20. The van der Waals surface area contributed by atoms with Crippen molar-refractivity contribution in [1.29, 1.82) is 0 Å². The van der Waals surface area contributed by atoms with Crippen molar-refractivity contribution >= 4 is 11.9 Å². The molecule has 1 heterocycles. The third-order valence-corrected chi connectivity index (χ3v) is 4.54. The van der Waals surface area contributed by atoms with E-state index in [1.54, 1.807) is 11.8 Å². The molecule has 0 radical (unpaired) electrons. The fourth-order valence-corrected chi connectivity index (χ4v) is 3.07. The summed E-state index contributed by atoms with van der Waals surface area (Å²) in [7, 11) is 0.